The van der Waals surface area contributed by atoms with Gasteiger partial charge >= 0.3 is 0 Å². The Hall–Kier alpha value is -1.64. The average molecular weight is 267 g/mol. The van der Waals surface area contributed by atoms with Crippen molar-refractivity contribution in [3.63, 3.8) is 0 Å². The molecule has 2 N–H and O–H groups in total. The normalized spacial score (nSPS) is 20.5. The standard InChI is InChI=1S/C18H21NO/c1-12-8-13(2)10-15(9-12)18(3,20)17-16-7-5-4-6-14(16)11-19-17/h4-10,17,19-20H,11H2,1-3H3. The van der Waals surface area contributed by atoms with Crippen LogP contribution < -0.4 is 5.32 Å². The molecule has 0 bridgehead atoms. The van der Waals surface area contributed by atoms with E-state index < -0.39 is 5.60 Å². The van der Waals surface area contributed by atoms with Crippen LogP contribution in [0.4, 0.5) is 0 Å². The molecule has 0 aliphatic carbocycles. The van der Waals surface area contributed by atoms with Crippen molar-refractivity contribution in [3.8, 4) is 0 Å². The molecule has 20 heavy (non-hydrogen) atoms. The van der Waals surface area contributed by atoms with Crippen LogP contribution in [0.5, 0.6) is 0 Å². The molecule has 1 aliphatic rings. The summed E-state index contributed by atoms with van der Waals surface area (Å²) in [7, 11) is 0. The summed E-state index contributed by atoms with van der Waals surface area (Å²) < 4.78 is 0. The van der Waals surface area contributed by atoms with E-state index in [1.54, 1.807) is 0 Å². The van der Waals surface area contributed by atoms with E-state index in [0.717, 1.165) is 12.1 Å². The Morgan fingerprint density at radius 2 is 1.75 bits per heavy atom. The first kappa shape index (κ1) is 13.3. The Labute approximate surface area is 120 Å². The number of benzene rings is 2. The van der Waals surface area contributed by atoms with Gasteiger partial charge in [-0.2, -0.15) is 0 Å². The van der Waals surface area contributed by atoms with Crippen molar-refractivity contribution in [2.24, 2.45) is 0 Å². The Bertz CT molecular complexity index is 625. The molecule has 2 aromatic rings. The van der Waals surface area contributed by atoms with Gasteiger partial charge in [-0.25, -0.2) is 0 Å². The number of rotatable bonds is 2. The maximum absolute atomic E-state index is 11.1. The van der Waals surface area contributed by atoms with Crippen LogP contribution >= 0.6 is 0 Å². The van der Waals surface area contributed by atoms with Gasteiger partial charge < -0.3 is 10.4 Å². The van der Waals surface area contributed by atoms with E-state index in [2.05, 4.69) is 55.6 Å². The van der Waals surface area contributed by atoms with Crippen molar-refractivity contribution in [3.05, 3.63) is 70.3 Å². The van der Waals surface area contributed by atoms with Crippen LogP contribution in [-0.4, -0.2) is 5.11 Å². The van der Waals surface area contributed by atoms with Gasteiger partial charge in [-0.15, -0.1) is 0 Å². The lowest BCUT2D eigenvalue weighted by atomic mass is 9.83. The third kappa shape index (κ3) is 2.15. The zero-order chi connectivity index (χ0) is 14.3. The van der Waals surface area contributed by atoms with Crippen molar-refractivity contribution >= 4 is 0 Å². The van der Waals surface area contributed by atoms with E-state index in [-0.39, 0.29) is 6.04 Å². The predicted octanol–water partition coefficient (Wildman–Crippen LogP) is 3.36. The fourth-order valence-corrected chi connectivity index (χ4v) is 3.23. The van der Waals surface area contributed by atoms with Crippen molar-refractivity contribution in [1.82, 2.24) is 5.32 Å². The molecule has 2 nitrogen and oxygen atoms in total. The predicted molar refractivity (Wildman–Crippen MR) is 81.5 cm³/mol. The zero-order valence-electron chi connectivity index (χ0n) is 12.3. The van der Waals surface area contributed by atoms with Gasteiger partial charge in [0.25, 0.3) is 0 Å². The summed E-state index contributed by atoms with van der Waals surface area (Å²) in [6, 6.07) is 14.6. The Morgan fingerprint density at radius 3 is 2.45 bits per heavy atom. The molecule has 1 aliphatic heterocycles. The smallest absolute Gasteiger partial charge is 0.106 e. The van der Waals surface area contributed by atoms with Gasteiger partial charge in [0.2, 0.25) is 0 Å². The van der Waals surface area contributed by atoms with Gasteiger partial charge in [0.1, 0.15) is 5.60 Å². The maximum atomic E-state index is 11.1. The summed E-state index contributed by atoms with van der Waals surface area (Å²) in [5, 5.41) is 14.6. The van der Waals surface area contributed by atoms with Crippen LogP contribution in [0.1, 0.15) is 40.8 Å². The SMILES string of the molecule is Cc1cc(C)cc(C(C)(O)C2NCc3ccccc32)c1. The second kappa shape index (κ2) is 4.72. The van der Waals surface area contributed by atoms with Crippen LogP contribution in [0.15, 0.2) is 42.5 Å². The molecule has 0 fully saturated rings. The lowest BCUT2D eigenvalue weighted by molar-refractivity contribution is 0.0176. The van der Waals surface area contributed by atoms with E-state index in [1.165, 1.54) is 22.3 Å². The topological polar surface area (TPSA) is 32.3 Å². The number of nitrogens with one attached hydrogen (secondary N) is 1. The molecule has 1 heterocycles. The molecule has 2 unspecified atom stereocenters. The Morgan fingerprint density at radius 1 is 1.10 bits per heavy atom. The molecular weight excluding hydrogens is 246 g/mol. The second-order valence-electron chi connectivity index (χ2n) is 6.04. The Kier molecular flexibility index (Phi) is 3.15. The van der Waals surface area contributed by atoms with Crippen LogP contribution in [0, 0.1) is 13.8 Å². The van der Waals surface area contributed by atoms with Gasteiger partial charge in [-0.05, 0) is 37.5 Å². The minimum atomic E-state index is -0.913. The van der Waals surface area contributed by atoms with Crippen molar-refractivity contribution in [2.45, 2.75) is 39.0 Å². The van der Waals surface area contributed by atoms with Gasteiger partial charge in [-0.3, -0.25) is 0 Å². The first-order chi connectivity index (χ1) is 9.48. The lowest BCUT2D eigenvalue weighted by Gasteiger charge is -2.32. The van der Waals surface area contributed by atoms with Crippen LogP contribution in [0.2, 0.25) is 0 Å². The van der Waals surface area contributed by atoms with E-state index in [9.17, 15) is 5.11 Å². The van der Waals surface area contributed by atoms with Gasteiger partial charge in [0.05, 0.1) is 6.04 Å². The monoisotopic (exact) mass is 267 g/mol. The summed E-state index contributed by atoms with van der Waals surface area (Å²) in [6.07, 6.45) is 0. The molecule has 2 atom stereocenters. The molecular formula is C18H21NO. The molecule has 0 saturated carbocycles. The van der Waals surface area contributed by atoms with E-state index in [4.69, 9.17) is 0 Å². The fourth-order valence-electron chi connectivity index (χ4n) is 3.23. The van der Waals surface area contributed by atoms with E-state index >= 15 is 0 Å². The maximum Gasteiger partial charge on any atom is 0.106 e. The highest BCUT2D eigenvalue weighted by Crippen LogP contribution is 2.40. The summed E-state index contributed by atoms with van der Waals surface area (Å²) in [6.45, 7) is 6.87. The first-order valence-electron chi connectivity index (χ1n) is 7.11. The largest absolute Gasteiger partial charge is 0.383 e. The number of aliphatic hydroxyl groups is 1. The molecule has 104 valence electrons. The summed E-state index contributed by atoms with van der Waals surface area (Å²) >= 11 is 0. The fraction of sp³-hybridized carbons (Fsp3) is 0.333. The molecule has 3 rings (SSSR count). The summed E-state index contributed by atoms with van der Waals surface area (Å²) in [5.74, 6) is 0. The van der Waals surface area contributed by atoms with Crippen LogP contribution in [0.3, 0.4) is 0 Å². The van der Waals surface area contributed by atoms with E-state index in [1.807, 2.05) is 13.0 Å². The number of aryl methyl sites for hydroxylation is 2. The van der Waals surface area contributed by atoms with Crippen LogP contribution in [-0.2, 0) is 12.1 Å². The second-order valence-corrected chi connectivity index (χ2v) is 6.04. The highest BCUT2D eigenvalue weighted by Gasteiger charge is 2.38. The number of fused-ring (bicyclic) bond motifs is 1. The third-order valence-corrected chi connectivity index (χ3v) is 4.23. The van der Waals surface area contributed by atoms with E-state index in [0.29, 0.717) is 0 Å². The van der Waals surface area contributed by atoms with Crippen molar-refractivity contribution in [2.75, 3.05) is 0 Å². The van der Waals surface area contributed by atoms with Crippen molar-refractivity contribution < 1.29 is 5.11 Å². The quantitative estimate of drug-likeness (QED) is 0.874. The van der Waals surface area contributed by atoms with Gasteiger partial charge in [0.15, 0.2) is 0 Å². The number of hydrogen-bond acceptors (Lipinski definition) is 2. The zero-order valence-corrected chi connectivity index (χ0v) is 12.3. The molecule has 2 heteroatoms. The van der Waals surface area contributed by atoms with Crippen molar-refractivity contribution in [1.29, 1.82) is 0 Å². The highest BCUT2D eigenvalue weighted by molar-refractivity contribution is 5.40. The minimum absolute atomic E-state index is 0.0556. The average Bonchev–Trinajstić information content (AvgIpc) is 2.82. The lowest BCUT2D eigenvalue weighted by Crippen LogP contribution is -2.36. The molecule has 2 aromatic carbocycles. The highest BCUT2D eigenvalue weighted by atomic mass is 16.3. The minimum Gasteiger partial charge on any atom is -0.383 e. The molecule has 0 spiro atoms. The Balaban J connectivity index is 2.05. The van der Waals surface area contributed by atoms with Crippen LogP contribution in [0.25, 0.3) is 0 Å². The first-order valence-corrected chi connectivity index (χ1v) is 7.11. The summed E-state index contributed by atoms with van der Waals surface area (Å²) in [4.78, 5) is 0. The third-order valence-electron chi connectivity index (χ3n) is 4.23. The molecule has 0 saturated heterocycles. The van der Waals surface area contributed by atoms with Gasteiger partial charge in [-0.1, -0.05) is 53.6 Å². The molecule has 0 radical (unpaired) electrons. The van der Waals surface area contributed by atoms with Gasteiger partial charge in [0, 0.05) is 6.54 Å². The molecule has 0 aromatic heterocycles. The summed E-state index contributed by atoms with van der Waals surface area (Å²) in [5.41, 5.74) is 4.92. The number of hydrogen-bond donors (Lipinski definition) is 2. The molecule has 0 amide bonds.